The zero-order valence-corrected chi connectivity index (χ0v) is 18.7. The number of anilines is 1. The molecule has 0 radical (unpaired) electrons. The molecular formula is C27H21N5O2. The van der Waals surface area contributed by atoms with Gasteiger partial charge in [-0.1, -0.05) is 36.4 Å². The fourth-order valence-corrected chi connectivity index (χ4v) is 4.27. The van der Waals surface area contributed by atoms with Gasteiger partial charge in [0.05, 0.1) is 18.4 Å². The molecule has 1 aliphatic rings. The van der Waals surface area contributed by atoms with Gasteiger partial charge in [0.15, 0.2) is 0 Å². The zero-order chi connectivity index (χ0) is 23.8. The number of nitriles is 1. The topological polar surface area (TPSA) is 90.5 Å². The molecule has 7 nitrogen and oxygen atoms in total. The molecule has 0 saturated heterocycles. The lowest BCUT2D eigenvalue weighted by molar-refractivity contribution is 0.0953. The minimum atomic E-state index is -0.341. The lowest BCUT2D eigenvalue weighted by atomic mass is 10.1. The van der Waals surface area contributed by atoms with E-state index >= 15 is 0 Å². The first kappa shape index (κ1) is 21.2. The fraction of sp³-hybridized carbons (Fsp3) is 0.111. The molecule has 0 unspecified atom stereocenters. The normalized spacial score (nSPS) is 12.5. The SMILES string of the molecule is Cc1c(C=NNC(=O)c2ccc(CN3C(=O)c4cccc5cccc3c45)cc2)cc(C#N)n1C. The van der Waals surface area contributed by atoms with Gasteiger partial charge in [-0.3, -0.25) is 9.59 Å². The van der Waals surface area contributed by atoms with Gasteiger partial charge in [0, 0.05) is 34.8 Å². The Morgan fingerprint density at radius 3 is 2.56 bits per heavy atom. The van der Waals surface area contributed by atoms with E-state index in [2.05, 4.69) is 16.6 Å². The van der Waals surface area contributed by atoms with Crippen molar-refractivity contribution < 1.29 is 9.59 Å². The average molecular weight is 447 g/mol. The number of hydrogen-bond donors (Lipinski definition) is 1. The second kappa shape index (κ2) is 8.34. The van der Waals surface area contributed by atoms with Crippen LogP contribution in [0.1, 0.15) is 43.2 Å². The number of carbonyl (C=O) groups excluding carboxylic acids is 2. The summed E-state index contributed by atoms with van der Waals surface area (Å²) in [6.07, 6.45) is 1.53. The molecule has 166 valence electrons. The quantitative estimate of drug-likeness (QED) is 0.366. The first-order valence-electron chi connectivity index (χ1n) is 10.8. The van der Waals surface area contributed by atoms with Crippen molar-refractivity contribution in [1.29, 1.82) is 5.26 Å². The van der Waals surface area contributed by atoms with Crippen LogP contribution in [-0.4, -0.2) is 22.6 Å². The van der Waals surface area contributed by atoms with E-state index < -0.39 is 0 Å². The van der Waals surface area contributed by atoms with E-state index in [1.54, 1.807) is 34.7 Å². The van der Waals surface area contributed by atoms with Crippen LogP contribution < -0.4 is 10.3 Å². The van der Waals surface area contributed by atoms with E-state index in [0.29, 0.717) is 17.8 Å². The smallest absolute Gasteiger partial charge is 0.271 e. The van der Waals surface area contributed by atoms with Crippen molar-refractivity contribution in [3.8, 4) is 6.07 Å². The first-order chi connectivity index (χ1) is 16.5. The van der Waals surface area contributed by atoms with Crippen LogP contribution in [0.5, 0.6) is 0 Å². The van der Waals surface area contributed by atoms with Crippen molar-refractivity contribution in [2.24, 2.45) is 12.1 Å². The molecule has 34 heavy (non-hydrogen) atoms. The lowest BCUT2D eigenvalue weighted by Gasteiger charge is -2.18. The van der Waals surface area contributed by atoms with Crippen LogP contribution in [0.2, 0.25) is 0 Å². The summed E-state index contributed by atoms with van der Waals surface area (Å²) in [5, 5.41) is 15.2. The van der Waals surface area contributed by atoms with Gasteiger partial charge < -0.3 is 9.47 Å². The number of amides is 2. The van der Waals surface area contributed by atoms with Crippen molar-refractivity contribution in [3.05, 3.63) is 100 Å². The molecule has 0 atom stereocenters. The van der Waals surface area contributed by atoms with E-state index in [1.165, 1.54) is 6.21 Å². The van der Waals surface area contributed by atoms with Crippen LogP contribution in [0, 0.1) is 18.3 Å². The Bertz CT molecular complexity index is 1520. The summed E-state index contributed by atoms with van der Waals surface area (Å²) >= 11 is 0. The molecule has 5 rings (SSSR count). The van der Waals surface area contributed by atoms with Crippen molar-refractivity contribution >= 4 is 34.5 Å². The molecule has 1 aliphatic heterocycles. The maximum absolute atomic E-state index is 13.0. The molecule has 0 saturated carbocycles. The molecule has 2 heterocycles. The summed E-state index contributed by atoms with van der Waals surface area (Å²) in [6, 6.07) is 22.7. The van der Waals surface area contributed by atoms with Crippen molar-refractivity contribution in [2.75, 3.05) is 4.90 Å². The molecule has 1 N–H and O–H groups in total. The number of benzene rings is 3. The van der Waals surface area contributed by atoms with E-state index in [0.717, 1.165) is 38.8 Å². The third kappa shape index (κ3) is 3.51. The molecule has 0 bridgehead atoms. The summed E-state index contributed by atoms with van der Waals surface area (Å²) in [5.74, 6) is -0.356. The maximum Gasteiger partial charge on any atom is 0.271 e. The van der Waals surface area contributed by atoms with E-state index in [9.17, 15) is 9.59 Å². The second-order valence-electron chi connectivity index (χ2n) is 8.21. The highest BCUT2D eigenvalue weighted by molar-refractivity contribution is 6.24. The summed E-state index contributed by atoms with van der Waals surface area (Å²) in [5.41, 5.74) is 7.70. The Balaban J connectivity index is 1.27. The van der Waals surface area contributed by atoms with Gasteiger partial charge in [0.25, 0.3) is 11.8 Å². The molecule has 0 aliphatic carbocycles. The van der Waals surface area contributed by atoms with E-state index in [1.807, 2.05) is 55.5 Å². The summed E-state index contributed by atoms with van der Waals surface area (Å²) < 4.78 is 1.77. The Hall–Kier alpha value is -4.70. The van der Waals surface area contributed by atoms with Crippen molar-refractivity contribution in [2.45, 2.75) is 13.5 Å². The molecule has 3 aromatic carbocycles. The van der Waals surface area contributed by atoms with E-state index in [-0.39, 0.29) is 11.8 Å². The first-order valence-corrected chi connectivity index (χ1v) is 10.8. The predicted molar refractivity (Wildman–Crippen MR) is 131 cm³/mol. The number of rotatable bonds is 5. The molecule has 0 fully saturated rings. The van der Waals surface area contributed by atoms with Gasteiger partial charge in [-0.25, -0.2) is 5.43 Å². The third-order valence-electron chi connectivity index (χ3n) is 6.26. The highest BCUT2D eigenvalue weighted by Gasteiger charge is 2.29. The van der Waals surface area contributed by atoms with Crippen LogP contribution in [0.25, 0.3) is 10.8 Å². The van der Waals surface area contributed by atoms with Crippen molar-refractivity contribution in [3.63, 3.8) is 0 Å². The molecular weight excluding hydrogens is 426 g/mol. The predicted octanol–water partition coefficient (Wildman–Crippen LogP) is 4.28. The van der Waals surface area contributed by atoms with Gasteiger partial charge in [0.1, 0.15) is 11.8 Å². The van der Waals surface area contributed by atoms with Crippen LogP contribution in [-0.2, 0) is 13.6 Å². The summed E-state index contributed by atoms with van der Waals surface area (Å²) in [4.78, 5) is 27.2. The largest absolute Gasteiger partial charge is 0.339 e. The number of nitrogens with one attached hydrogen (secondary N) is 1. The van der Waals surface area contributed by atoms with Gasteiger partial charge in [0.2, 0.25) is 0 Å². The maximum atomic E-state index is 13.0. The minimum Gasteiger partial charge on any atom is -0.339 e. The third-order valence-corrected chi connectivity index (χ3v) is 6.26. The average Bonchev–Trinajstić information content (AvgIpc) is 3.29. The van der Waals surface area contributed by atoms with Gasteiger partial charge in [-0.2, -0.15) is 10.4 Å². The Morgan fingerprint density at radius 1 is 1.12 bits per heavy atom. The highest BCUT2D eigenvalue weighted by Crippen LogP contribution is 2.37. The minimum absolute atomic E-state index is 0.0151. The molecule has 0 spiro atoms. The van der Waals surface area contributed by atoms with E-state index in [4.69, 9.17) is 5.26 Å². The van der Waals surface area contributed by atoms with Gasteiger partial charge >= 0.3 is 0 Å². The fourth-order valence-electron chi connectivity index (χ4n) is 4.27. The molecule has 2 amide bonds. The highest BCUT2D eigenvalue weighted by atomic mass is 16.2. The second-order valence-corrected chi connectivity index (χ2v) is 8.21. The Morgan fingerprint density at radius 2 is 1.85 bits per heavy atom. The zero-order valence-electron chi connectivity index (χ0n) is 18.7. The Labute approximate surface area is 196 Å². The molecule has 4 aromatic rings. The van der Waals surface area contributed by atoms with Crippen LogP contribution in [0.4, 0.5) is 5.69 Å². The van der Waals surface area contributed by atoms with Crippen LogP contribution in [0.3, 0.4) is 0 Å². The van der Waals surface area contributed by atoms with Crippen LogP contribution >= 0.6 is 0 Å². The van der Waals surface area contributed by atoms with Gasteiger partial charge in [-0.05, 0) is 48.2 Å². The van der Waals surface area contributed by atoms with Crippen molar-refractivity contribution in [1.82, 2.24) is 9.99 Å². The number of hydrazone groups is 1. The Kier molecular flexibility index (Phi) is 5.19. The number of nitrogens with zero attached hydrogens (tertiary/aromatic N) is 4. The standard InChI is InChI=1S/C27H21N5O2/c1-17-21(13-22(14-28)31(17)2)15-29-30-26(33)20-11-9-18(10-12-20)16-32-24-8-4-6-19-5-3-7-23(25(19)24)27(32)34/h3-13,15H,16H2,1-2H3,(H,30,33). The molecule has 1 aromatic heterocycles. The van der Waals surface area contributed by atoms with Gasteiger partial charge in [-0.15, -0.1) is 0 Å². The number of hydrogen-bond acceptors (Lipinski definition) is 4. The summed E-state index contributed by atoms with van der Waals surface area (Å²) in [6.45, 7) is 2.30. The number of aromatic nitrogens is 1. The number of carbonyl (C=O) groups is 2. The lowest BCUT2D eigenvalue weighted by Crippen LogP contribution is -2.26. The molecule has 7 heteroatoms. The summed E-state index contributed by atoms with van der Waals surface area (Å²) in [7, 11) is 1.81. The van der Waals surface area contributed by atoms with Crippen LogP contribution in [0.15, 0.2) is 71.8 Å². The monoisotopic (exact) mass is 447 g/mol.